The minimum absolute atomic E-state index is 0.0318. The van der Waals surface area contributed by atoms with Crippen molar-refractivity contribution in [3.05, 3.63) is 35.0 Å². The van der Waals surface area contributed by atoms with Crippen molar-refractivity contribution in [2.45, 2.75) is 85.2 Å². The quantitative estimate of drug-likeness (QED) is 0.435. The number of nitrogens with one attached hydrogen (secondary N) is 2. The van der Waals surface area contributed by atoms with Crippen LogP contribution in [-0.2, 0) is 20.9 Å². The summed E-state index contributed by atoms with van der Waals surface area (Å²) in [6.07, 6.45) is -1.55. The van der Waals surface area contributed by atoms with Crippen LogP contribution in [0.15, 0.2) is 23.7 Å². The zero-order chi connectivity index (χ0) is 28.4. The Bertz CT molecular complexity index is 1180. The summed E-state index contributed by atoms with van der Waals surface area (Å²) in [6, 6.07) is 3.31. The third-order valence-corrected chi connectivity index (χ3v) is 7.16. The molecule has 0 aliphatic carbocycles. The molecule has 208 valence electrons. The van der Waals surface area contributed by atoms with E-state index < -0.39 is 47.1 Å². The lowest BCUT2D eigenvalue weighted by Crippen LogP contribution is -2.58. The van der Waals surface area contributed by atoms with Gasteiger partial charge in [-0.05, 0) is 44.7 Å². The summed E-state index contributed by atoms with van der Waals surface area (Å²) in [4.78, 5) is 45.7. The van der Waals surface area contributed by atoms with Gasteiger partial charge in [0.1, 0.15) is 23.4 Å². The van der Waals surface area contributed by atoms with Crippen molar-refractivity contribution in [3.8, 4) is 16.2 Å². The van der Waals surface area contributed by atoms with Gasteiger partial charge >= 0.3 is 6.09 Å². The molecule has 2 heterocycles. The molecule has 1 aromatic carbocycles. The van der Waals surface area contributed by atoms with Crippen LogP contribution in [-0.4, -0.2) is 68.3 Å². The van der Waals surface area contributed by atoms with Crippen LogP contribution in [0, 0.1) is 12.3 Å². The predicted molar refractivity (Wildman–Crippen MR) is 145 cm³/mol. The van der Waals surface area contributed by atoms with Gasteiger partial charge in [0, 0.05) is 25.1 Å². The molecule has 3 unspecified atom stereocenters. The number of aliphatic hydroxyl groups is 1. The number of phenols is 1. The molecule has 0 saturated carbocycles. The Hall–Kier alpha value is -3.18. The minimum Gasteiger partial charge on any atom is -0.508 e. The number of likely N-dealkylation sites (tertiary alicyclic amines) is 1. The number of β-amino-alcohol motifs (C(OH)–C–C–N with tert-alkyl or cyclic N) is 1. The number of aromatic hydroxyl groups is 1. The van der Waals surface area contributed by atoms with Crippen LogP contribution in [0.1, 0.15) is 59.2 Å². The van der Waals surface area contributed by atoms with Gasteiger partial charge in [-0.15, -0.1) is 11.3 Å². The molecule has 0 radical (unpaired) electrons. The molecule has 4 N–H and O–H groups in total. The predicted octanol–water partition coefficient (Wildman–Crippen LogP) is 3.34. The largest absolute Gasteiger partial charge is 0.508 e. The van der Waals surface area contributed by atoms with E-state index in [1.54, 1.807) is 59.2 Å². The van der Waals surface area contributed by atoms with Gasteiger partial charge in [-0.25, -0.2) is 9.78 Å². The van der Waals surface area contributed by atoms with Crippen molar-refractivity contribution in [1.29, 1.82) is 0 Å². The number of carbonyl (C=O) groups excluding carboxylic acids is 3. The molecule has 1 fully saturated rings. The van der Waals surface area contributed by atoms with Crippen LogP contribution in [0.2, 0.25) is 0 Å². The van der Waals surface area contributed by atoms with Gasteiger partial charge in [0.25, 0.3) is 0 Å². The molecule has 1 aliphatic heterocycles. The molecule has 1 aromatic heterocycles. The van der Waals surface area contributed by atoms with Crippen molar-refractivity contribution >= 4 is 29.2 Å². The molecule has 10 nitrogen and oxygen atoms in total. The van der Waals surface area contributed by atoms with E-state index in [1.165, 1.54) is 16.2 Å². The fourth-order valence-electron chi connectivity index (χ4n) is 4.28. The normalized spacial score (nSPS) is 18.7. The van der Waals surface area contributed by atoms with E-state index in [0.29, 0.717) is 5.56 Å². The molecule has 3 atom stereocenters. The maximum Gasteiger partial charge on any atom is 0.408 e. The number of thiazole rings is 1. The van der Waals surface area contributed by atoms with Gasteiger partial charge < -0.3 is 30.5 Å². The summed E-state index contributed by atoms with van der Waals surface area (Å²) < 4.78 is 5.33. The second-order valence-electron chi connectivity index (χ2n) is 11.7. The first-order valence-corrected chi connectivity index (χ1v) is 13.4. The molecule has 2 aromatic rings. The van der Waals surface area contributed by atoms with Crippen LogP contribution in [0.25, 0.3) is 10.4 Å². The fourth-order valence-corrected chi connectivity index (χ4v) is 5.08. The first-order chi connectivity index (χ1) is 17.6. The third kappa shape index (κ3) is 7.22. The first kappa shape index (κ1) is 29.4. The van der Waals surface area contributed by atoms with Crippen molar-refractivity contribution in [2.24, 2.45) is 5.41 Å². The van der Waals surface area contributed by atoms with Gasteiger partial charge in [-0.1, -0.05) is 32.9 Å². The number of ether oxygens (including phenoxy) is 1. The average Bonchev–Trinajstić information content (AvgIpc) is 3.39. The van der Waals surface area contributed by atoms with E-state index >= 15 is 0 Å². The SMILES string of the molecule is Cc1ncsc1-c1ccc(CNC(=O)C2CC(O)CN2C(=O)C(NC(=O)OC(C)(C)C)C(C)(C)C)c(O)c1. The van der Waals surface area contributed by atoms with E-state index in [2.05, 4.69) is 15.6 Å². The lowest BCUT2D eigenvalue weighted by atomic mass is 9.85. The van der Waals surface area contributed by atoms with Gasteiger partial charge in [-0.3, -0.25) is 9.59 Å². The summed E-state index contributed by atoms with van der Waals surface area (Å²) >= 11 is 1.48. The lowest BCUT2D eigenvalue weighted by Gasteiger charge is -2.35. The molecule has 0 bridgehead atoms. The number of carbonyl (C=O) groups is 3. The van der Waals surface area contributed by atoms with Gasteiger partial charge in [-0.2, -0.15) is 0 Å². The van der Waals surface area contributed by atoms with Gasteiger partial charge in [0.2, 0.25) is 11.8 Å². The number of phenolic OH excluding ortho intramolecular Hbond substituents is 1. The number of aromatic nitrogens is 1. The highest BCUT2D eigenvalue weighted by Crippen LogP contribution is 2.31. The number of benzene rings is 1. The summed E-state index contributed by atoms with van der Waals surface area (Å²) in [5.74, 6) is -0.905. The topological polar surface area (TPSA) is 141 Å². The summed E-state index contributed by atoms with van der Waals surface area (Å²) in [7, 11) is 0. The fraction of sp³-hybridized carbons (Fsp3) is 0.556. The molecular weight excluding hydrogens is 508 g/mol. The highest BCUT2D eigenvalue weighted by molar-refractivity contribution is 7.13. The number of hydrogen-bond donors (Lipinski definition) is 4. The highest BCUT2D eigenvalue weighted by atomic mass is 32.1. The van der Waals surface area contributed by atoms with E-state index in [4.69, 9.17) is 4.74 Å². The zero-order valence-corrected chi connectivity index (χ0v) is 23.8. The average molecular weight is 547 g/mol. The third-order valence-electron chi connectivity index (χ3n) is 6.18. The lowest BCUT2D eigenvalue weighted by molar-refractivity contribution is -0.142. The Labute approximate surface area is 227 Å². The Morgan fingerprint density at radius 3 is 2.45 bits per heavy atom. The van der Waals surface area contributed by atoms with Crippen LogP contribution in [0.3, 0.4) is 0 Å². The molecule has 1 saturated heterocycles. The molecule has 0 spiro atoms. The van der Waals surface area contributed by atoms with E-state index in [0.717, 1.165) is 16.1 Å². The molecule has 11 heteroatoms. The summed E-state index contributed by atoms with van der Waals surface area (Å²) in [6.45, 7) is 12.5. The van der Waals surface area contributed by atoms with Crippen molar-refractivity contribution in [1.82, 2.24) is 20.5 Å². The smallest absolute Gasteiger partial charge is 0.408 e. The molecule has 3 amide bonds. The summed E-state index contributed by atoms with van der Waals surface area (Å²) in [5.41, 5.74) is 2.53. The van der Waals surface area contributed by atoms with Crippen molar-refractivity contribution < 1.29 is 29.3 Å². The van der Waals surface area contributed by atoms with Crippen LogP contribution < -0.4 is 10.6 Å². The van der Waals surface area contributed by atoms with E-state index in [-0.39, 0.29) is 25.3 Å². The Balaban J connectivity index is 1.71. The Morgan fingerprint density at radius 1 is 1.21 bits per heavy atom. The minimum atomic E-state index is -0.982. The number of nitrogens with zero attached hydrogens (tertiary/aromatic N) is 2. The Kier molecular flexibility index (Phi) is 8.72. The van der Waals surface area contributed by atoms with Crippen LogP contribution in [0.5, 0.6) is 5.75 Å². The molecule has 1 aliphatic rings. The zero-order valence-electron chi connectivity index (χ0n) is 23.0. The monoisotopic (exact) mass is 546 g/mol. The number of aliphatic hydroxyl groups excluding tert-OH is 1. The number of aryl methyl sites for hydroxylation is 1. The Morgan fingerprint density at radius 2 is 1.89 bits per heavy atom. The second-order valence-corrected chi connectivity index (χ2v) is 12.5. The molecule has 38 heavy (non-hydrogen) atoms. The first-order valence-electron chi connectivity index (χ1n) is 12.5. The highest BCUT2D eigenvalue weighted by Gasteiger charge is 2.44. The number of hydrogen-bond acceptors (Lipinski definition) is 8. The van der Waals surface area contributed by atoms with E-state index in [9.17, 15) is 24.6 Å². The maximum atomic E-state index is 13.6. The second kappa shape index (κ2) is 11.3. The molecule has 3 rings (SSSR count). The number of amides is 3. The van der Waals surface area contributed by atoms with Gasteiger partial charge in [0.05, 0.1) is 22.2 Å². The van der Waals surface area contributed by atoms with Crippen LogP contribution in [0.4, 0.5) is 4.79 Å². The number of alkyl carbamates (subject to hydrolysis) is 1. The van der Waals surface area contributed by atoms with Gasteiger partial charge in [0.15, 0.2) is 0 Å². The van der Waals surface area contributed by atoms with Crippen molar-refractivity contribution in [2.75, 3.05) is 6.54 Å². The van der Waals surface area contributed by atoms with Crippen LogP contribution >= 0.6 is 11.3 Å². The standard InChI is InChI=1S/C27H38N4O6S/c1-15-21(38-14-29-15)16-8-9-17(20(33)10-16)12-28-23(34)19-11-18(32)13-31(19)24(35)22(26(2,3)4)30-25(36)37-27(5,6)7/h8-10,14,18-19,22,32-33H,11-13H2,1-7H3,(H,28,34)(H,30,36). The molecular formula is C27H38N4O6S. The van der Waals surface area contributed by atoms with E-state index in [1.807, 2.05) is 13.0 Å². The summed E-state index contributed by atoms with van der Waals surface area (Å²) in [5, 5.41) is 26.3. The van der Waals surface area contributed by atoms with Crippen molar-refractivity contribution in [3.63, 3.8) is 0 Å². The number of rotatable bonds is 6. The maximum absolute atomic E-state index is 13.6.